The van der Waals surface area contributed by atoms with Gasteiger partial charge in [0.25, 0.3) is 0 Å². The minimum atomic E-state index is -3.64. The van der Waals surface area contributed by atoms with E-state index < -0.39 is 21.7 Å². The highest BCUT2D eigenvalue weighted by Crippen LogP contribution is 2.24. The number of rotatable bonds is 5. The molecular weight excluding hydrogens is 318 g/mol. The zero-order valence-electron chi connectivity index (χ0n) is 8.93. The van der Waals surface area contributed by atoms with E-state index in [1.807, 2.05) is 4.72 Å². The Kier molecular flexibility index (Phi) is 4.84. The third-order valence-corrected chi connectivity index (χ3v) is 3.78. The van der Waals surface area contributed by atoms with Gasteiger partial charge >= 0.3 is 0 Å². The molecule has 0 saturated carbocycles. The summed E-state index contributed by atoms with van der Waals surface area (Å²) in [5.74, 6) is -1.95. The van der Waals surface area contributed by atoms with Gasteiger partial charge in [-0.1, -0.05) is 0 Å². The molecule has 4 nitrogen and oxygen atoms in total. The Bertz CT molecular complexity index is 508. The lowest BCUT2D eigenvalue weighted by Gasteiger charge is -2.09. The molecule has 1 aromatic carbocycles. The van der Waals surface area contributed by atoms with E-state index in [0.717, 1.165) is 6.07 Å². The van der Waals surface area contributed by atoms with Crippen molar-refractivity contribution in [1.82, 2.24) is 5.32 Å². The van der Waals surface area contributed by atoms with Crippen LogP contribution in [0.1, 0.15) is 0 Å². The fourth-order valence-corrected chi connectivity index (χ4v) is 2.47. The van der Waals surface area contributed by atoms with E-state index in [1.165, 1.54) is 0 Å². The fourth-order valence-electron chi connectivity index (χ4n) is 1.06. The topological polar surface area (TPSA) is 58.2 Å². The molecule has 17 heavy (non-hydrogen) atoms. The number of anilines is 1. The maximum absolute atomic E-state index is 13.3. The highest BCUT2D eigenvalue weighted by Gasteiger charge is 2.14. The van der Waals surface area contributed by atoms with Crippen LogP contribution in [0.25, 0.3) is 0 Å². The molecule has 1 rings (SSSR count). The summed E-state index contributed by atoms with van der Waals surface area (Å²) in [6.07, 6.45) is 0. The van der Waals surface area contributed by atoms with Crippen LogP contribution in [0.2, 0.25) is 0 Å². The third kappa shape index (κ3) is 4.21. The molecule has 0 heterocycles. The van der Waals surface area contributed by atoms with Gasteiger partial charge in [-0.3, -0.25) is 4.72 Å². The van der Waals surface area contributed by atoms with E-state index >= 15 is 0 Å². The van der Waals surface area contributed by atoms with Crippen molar-refractivity contribution in [2.24, 2.45) is 0 Å². The van der Waals surface area contributed by atoms with E-state index in [-0.39, 0.29) is 22.5 Å². The Morgan fingerprint density at radius 2 is 1.94 bits per heavy atom. The number of nitrogens with one attached hydrogen (secondary N) is 2. The van der Waals surface area contributed by atoms with Crippen LogP contribution in [0.5, 0.6) is 0 Å². The van der Waals surface area contributed by atoms with E-state index in [9.17, 15) is 17.2 Å². The average Bonchev–Trinajstić information content (AvgIpc) is 2.23. The van der Waals surface area contributed by atoms with Crippen LogP contribution < -0.4 is 10.0 Å². The molecule has 0 spiro atoms. The zero-order valence-corrected chi connectivity index (χ0v) is 11.3. The first-order valence-corrected chi connectivity index (χ1v) is 7.10. The minimum Gasteiger partial charge on any atom is -0.319 e. The second-order valence-corrected chi connectivity index (χ2v) is 5.97. The van der Waals surface area contributed by atoms with E-state index in [4.69, 9.17) is 0 Å². The molecule has 0 aliphatic carbocycles. The van der Waals surface area contributed by atoms with Gasteiger partial charge in [-0.2, -0.15) is 0 Å². The maximum atomic E-state index is 13.3. The lowest BCUT2D eigenvalue weighted by molar-refractivity contribution is 0.578. The second-order valence-electron chi connectivity index (χ2n) is 3.27. The van der Waals surface area contributed by atoms with Gasteiger partial charge in [0.1, 0.15) is 11.6 Å². The van der Waals surface area contributed by atoms with Crippen LogP contribution in [0.4, 0.5) is 14.5 Å². The van der Waals surface area contributed by atoms with Gasteiger partial charge in [0.2, 0.25) is 10.0 Å². The van der Waals surface area contributed by atoms with Gasteiger partial charge in [-0.25, -0.2) is 17.2 Å². The molecule has 1 aromatic rings. The molecule has 0 aliphatic rings. The van der Waals surface area contributed by atoms with Crippen molar-refractivity contribution < 1.29 is 17.2 Å². The van der Waals surface area contributed by atoms with Gasteiger partial charge in [-0.05, 0) is 29.0 Å². The van der Waals surface area contributed by atoms with E-state index in [0.29, 0.717) is 6.07 Å². The largest absolute Gasteiger partial charge is 0.319 e. The number of sulfonamides is 1. The first kappa shape index (κ1) is 14.3. The first-order chi connectivity index (χ1) is 7.85. The predicted molar refractivity (Wildman–Crippen MR) is 65.4 cm³/mol. The zero-order chi connectivity index (χ0) is 13.1. The molecule has 2 N–H and O–H groups in total. The molecule has 8 heteroatoms. The molecule has 0 aromatic heterocycles. The van der Waals surface area contributed by atoms with Crippen molar-refractivity contribution in [3.05, 3.63) is 28.2 Å². The van der Waals surface area contributed by atoms with Crippen LogP contribution in [-0.4, -0.2) is 27.8 Å². The predicted octanol–water partition coefficient (Wildman–Crippen LogP) is 1.69. The summed E-state index contributed by atoms with van der Waals surface area (Å²) in [6, 6.07) is 1.65. The molecule has 0 saturated heterocycles. The smallest absolute Gasteiger partial charge is 0.234 e. The number of hydrogen-bond donors (Lipinski definition) is 2. The second kappa shape index (κ2) is 5.74. The SMILES string of the molecule is CNCCS(=O)(=O)Nc1cc(Br)c(F)cc1F. The minimum absolute atomic E-state index is 0.00906. The van der Waals surface area contributed by atoms with Crippen LogP contribution in [-0.2, 0) is 10.0 Å². The molecule has 0 aliphatic heterocycles. The summed E-state index contributed by atoms with van der Waals surface area (Å²) >= 11 is 2.85. The van der Waals surface area contributed by atoms with Crippen molar-refractivity contribution in [3.63, 3.8) is 0 Å². The Balaban J connectivity index is 2.92. The van der Waals surface area contributed by atoms with Crippen LogP contribution in [0, 0.1) is 11.6 Å². The highest BCUT2D eigenvalue weighted by atomic mass is 79.9. The molecule has 0 amide bonds. The van der Waals surface area contributed by atoms with Crippen molar-refractivity contribution in [3.8, 4) is 0 Å². The van der Waals surface area contributed by atoms with Gasteiger partial charge in [-0.15, -0.1) is 0 Å². The summed E-state index contributed by atoms with van der Waals surface area (Å²) in [5, 5.41) is 2.66. The summed E-state index contributed by atoms with van der Waals surface area (Å²) in [7, 11) is -2.04. The average molecular weight is 329 g/mol. The highest BCUT2D eigenvalue weighted by molar-refractivity contribution is 9.10. The van der Waals surface area contributed by atoms with Crippen molar-refractivity contribution in [2.45, 2.75) is 0 Å². The molecule has 0 bridgehead atoms. The molecular formula is C9H11BrF2N2O2S. The van der Waals surface area contributed by atoms with Crippen molar-refractivity contribution in [1.29, 1.82) is 0 Å². The van der Waals surface area contributed by atoms with E-state index in [2.05, 4.69) is 21.2 Å². The normalized spacial score (nSPS) is 11.5. The summed E-state index contributed by atoms with van der Waals surface area (Å²) in [6.45, 7) is 0.235. The van der Waals surface area contributed by atoms with Crippen molar-refractivity contribution >= 4 is 31.6 Å². The Morgan fingerprint density at radius 1 is 1.29 bits per heavy atom. The Morgan fingerprint density at radius 3 is 2.53 bits per heavy atom. The quantitative estimate of drug-likeness (QED) is 0.809. The number of benzene rings is 1. The van der Waals surface area contributed by atoms with Gasteiger partial charge in [0.15, 0.2) is 0 Å². The molecule has 96 valence electrons. The first-order valence-electron chi connectivity index (χ1n) is 4.65. The number of hydrogen-bond acceptors (Lipinski definition) is 3. The molecule has 0 atom stereocenters. The van der Waals surface area contributed by atoms with Crippen LogP contribution in [0.3, 0.4) is 0 Å². The van der Waals surface area contributed by atoms with Gasteiger partial charge in [0, 0.05) is 12.6 Å². The lowest BCUT2D eigenvalue weighted by Crippen LogP contribution is -2.24. The summed E-state index contributed by atoms with van der Waals surface area (Å²) < 4.78 is 51.2. The summed E-state index contributed by atoms with van der Waals surface area (Å²) in [4.78, 5) is 0. The third-order valence-electron chi connectivity index (χ3n) is 1.90. The summed E-state index contributed by atoms with van der Waals surface area (Å²) in [5.41, 5.74) is -0.283. The Hall–Kier alpha value is -0.730. The van der Waals surface area contributed by atoms with Gasteiger partial charge in [0.05, 0.1) is 15.9 Å². The van der Waals surface area contributed by atoms with E-state index in [1.54, 1.807) is 7.05 Å². The number of halogens is 3. The standard InChI is InChI=1S/C9H11BrF2N2O2S/c1-13-2-3-17(15,16)14-9-4-6(10)7(11)5-8(9)12/h4-5,13-14H,2-3H2,1H3. The molecule has 0 fully saturated rings. The van der Waals surface area contributed by atoms with Gasteiger partial charge < -0.3 is 5.32 Å². The monoisotopic (exact) mass is 328 g/mol. The van der Waals surface area contributed by atoms with Crippen LogP contribution >= 0.6 is 15.9 Å². The van der Waals surface area contributed by atoms with Crippen molar-refractivity contribution in [2.75, 3.05) is 24.1 Å². The molecule has 0 unspecified atom stereocenters. The van der Waals surface area contributed by atoms with Crippen LogP contribution in [0.15, 0.2) is 16.6 Å². The lowest BCUT2D eigenvalue weighted by atomic mass is 10.3. The Labute approximate surface area is 107 Å². The fraction of sp³-hybridized carbons (Fsp3) is 0.333. The molecule has 0 radical (unpaired) electrons. The maximum Gasteiger partial charge on any atom is 0.234 e.